The number of anilines is 1. The maximum absolute atomic E-state index is 11.5. The van der Waals surface area contributed by atoms with Gasteiger partial charge in [0.15, 0.2) is 4.96 Å². The first-order valence-corrected chi connectivity index (χ1v) is 9.57. The molecule has 0 aliphatic heterocycles. The molecule has 0 fully saturated rings. The average molecular weight is 373 g/mol. The number of hydrogen-bond acceptors (Lipinski definition) is 6. The standard InChI is InChI=1S/C19H23N3O3S/c1-5-21(6-2)15-10-8-14(9-11-15)16-12-22-13(4)17(26-18(22)20-16)25-19(23)24-7-3/h8-12H,5-7H2,1-4H3. The molecule has 2 aromatic heterocycles. The summed E-state index contributed by atoms with van der Waals surface area (Å²) in [4.78, 5) is 19.3. The molecule has 0 saturated carbocycles. The zero-order chi connectivity index (χ0) is 18.7. The Morgan fingerprint density at radius 2 is 1.88 bits per heavy atom. The first-order chi connectivity index (χ1) is 12.6. The number of aromatic nitrogens is 2. The van der Waals surface area contributed by atoms with Gasteiger partial charge < -0.3 is 14.4 Å². The number of nitrogens with zero attached hydrogens (tertiary/aromatic N) is 3. The monoisotopic (exact) mass is 373 g/mol. The average Bonchev–Trinajstić information content (AvgIpc) is 3.17. The van der Waals surface area contributed by atoms with Crippen LogP contribution < -0.4 is 9.64 Å². The largest absolute Gasteiger partial charge is 0.514 e. The Kier molecular flexibility index (Phi) is 5.46. The van der Waals surface area contributed by atoms with Crippen LogP contribution in [0.5, 0.6) is 5.06 Å². The molecule has 0 saturated heterocycles. The second-order valence-electron chi connectivity index (χ2n) is 5.76. The van der Waals surface area contributed by atoms with Crippen molar-refractivity contribution in [2.75, 3.05) is 24.6 Å². The van der Waals surface area contributed by atoms with E-state index in [4.69, 9.17) is 9.47 Å². The quantitative estimate of drug-likeness (QED) is 0.584. The van der Waals surface area contributed by atoms with Crippen LogP contribution in [0.3, 0.4) is 0 Å². The van der Waals surface area contributed by atoms with E-state index < -0.39 is 6.16 Å². The topological polar surface area (TPSA) is 56.1 Å². The number of rotatable bonds is 6. The number of ether oxygens (including phenoxy) is 2. The highest BCUT2D eigenvalue weighted by atomic mass is 32.1. The number of imidazole rings is 1. The van der Waals surface area contributed by atoms with E-state index in [9.17, 15) is 4.79 Å². The Morgan fingerprint density at radius 1 is 1.19 bits per heavy atom. The van der Waals surface area contributed by atoms with Crippen LogP contribution in [-0.2, 0) is 4.74 Å². The van der Waals surface area contributed by atoms with Crippen molar-refractivity contribution >= 4 is 28.1 Å². The van der Waals surface area contributed by atoms with Crippen molar-refractivity contribution in [1.82, 2.24) is 9.38 Å². The highest BCUT2D eigenvalue weighted by molar-refractivity contribution is 7.19. The fourth-order valence-corrected chi connectivity index (χ4v) is 3.77. The second kappa shape index (κ2) is 7.78. The van der Waals surface area contributed by atoms with Gasteiger partial charge in [0, 0.05) is 30.5 Å². The summed E-state index contributed by atoms with van der Waals surface area (Å²) in [6.07, 6.45) is 1.28. The minimum absolute atomic E-state index is 0.286. The molecule has 26 heavy (non-hydrogen) atoms. The molecule has 138 valence electrons. The molecule has 0 radical (unpaired) electrons. The van der Waals surface area contributed by atoms with Crippen LogP contribution in [0.1, 0.15) is 26.5 Å². The summed E-state index contributed by atoms with van der Waals surface area (Å²) >= 11 is 1.33. The fraction of sp³-hybridized carbons (Fsp3) is 0.368. The van der Waals surface area contributed by atoms with Crippen molar-refractivity contribution < 1.29 is 14.3 Å². The van der Waals surface area contributed by atoms with Gasteiger partial charge in [0.25, 0.3) is 0 Å². The number of thiazole rings is 1. The molecule has 3 aromatic rings. The van der Waals surface area contributed by atoms with E-state index in [2.05, 4.69) is 48.0 Å². The lowest BCUT2D eigenvalue weighted by Crippen LogP contribution is -2.21. The summed E-state index contributed by atoms with van der Waals surface area (Å²) in [5.41, 5.74) is 4.00. The number of carbonyl (C=O) groups is 1. The number of carbonyl (C=O) groups excluding carboxylic acids is 1. The van der Waals surface area contributed by atoms with Crippen LogP contribution in [0, 0.1) is 6.92 Å². The first-order valence-electron chi connectivity index (χ1n) is 8.75. The third kappa shape index (κ3) is 3.53. The predicted molar refractivity (Wildman–Crippen MR) is 104 cm³/mol. The SMILES string of the molecule is CCOC(=O)Oc1sc2nc(-c3ccc(N(CC)CC)cc3)cn2c1C. The molecule has 7 heteroatoms. The Labute approximate surface area is 157 Å². The molecule has 0 N–H and O–H groups in total. The van der Waals surface area contributed by atoms with E-state index >= 15 is 0 Å². The molecule has 0 amide bonds. The molecule has 1 aromatic carbocycles. The summed E-state index contributed by atoms with van der Waals surface area (Å²) < 4.78 is 12.0. The third-order valence-electron chi connectivity index (χ3n) is 4.24. The smallest absolute Gasteiger partial charge is 0.434 e. The van der Waals surface area contributed by atoms with Crippen LogP contribution >= 0.6 is 11.3 Å². The molecular weight excluding hydrogens is 350 g/mol. The number of benzene rings is 1. The molecule has 0 unspecified atom stereocenters. The highest BCUT2D eigenvalue weighted by Gasteiger charge is 2.17. The molecule has 6 nitrogen and oxygen atoms in total. The number of hydrogen-bond donors (Lipinski definition) is 0. The Morgan fingerprint density at radius 3 is 2.46 bits per heavy atom. The maximum atomic E-state index is 11.5. The zero-order valence-corrected chi connectivity index (χ0v) is 16.3. The first kappa shape index (κ1) is 18.3. The summed E-state index contributed by atoms with van der Waals surface area (Å²) in [6, 6.07) is 8.42. The van der Waals surface area contributed by atoms with Crippen molar-refractivity contribution in [2.24, 2.45) is 0 Å². The normalized spacial score (nSPS) is 10.9. The molecule has 0 aliphatic rings. The zero-order valence-electron chi connectivity index (χ0n) is 15.5. The van der Waals surface area contributed by atoms with Crippen LogP contribution in [0.15, 0.2) is 30.5 Å². The Hall–Kier alpha value is -2.54. The summed E-state index contributed by atoms with van der Waals surface area (Å²) in [6.45, 7) is 10.2. The van der Waals surface area contributed by atoms with Crippen LogP contribution in [-0.4, -0.2) is 35.2 Å². The van der Waals surface area contributed by atoms with Gasteiger partial charge in [-0.15, -0.1) is 0 Å². The van der Waals surface area contributed by atoms with Crippen molar-refractivity contribution in [1.29, 1.82) is 0 Å². The molecule has 0 aliphatic carbocycles. The van der Waals surface area contributed by atoms with E-state index in [0.717, 1.165) is 35.0 Å². The predicted octanol–water partition coefficient (Wildman–Crippen LogP) is 4.75. The molecule has 0 atom stereocenters. The van der Waals surface area contributed by atoms with Gasteiger partial charge in [-0.05, 0) is 39.8 Å². The molecule has 2 heterocycles. The Bertz CT molecular complexity index is 895. The van der Waals surface area contributed by atoms with Crippen LogP contribution in [0.2, 0.25) is 0 Å². The lowest BCUT2D eigenvalue weighted by Gasteiger charge is -2.20. The minimum atomic E-state index is -0.688. The summed E-state index contributed by atoms with van der Waals surface area (Å²) in [7, 11) is 0. The highest BCUT2D eigenvalue weighted by Crippen LogP contribution is 2.33. The van der Waals surface area contributed by atoms with Gasteiger partial charge in [-0.25, -0.2) is 9.78 Å². The van der Waals surface area contributed by atoms with Crippen LogP contribution in [0.25, 0.3) is 16.2 Å². The lowest BCUT2D eigenvalue weighted by molar-refractivity contribution is 0.105. The van der Waals surface area contributed by atoms with E-state index in [1.807, 2.05) is 17.5 Å². The van der Waals surface area contributed by atoms with Crippen molar-refractivity contribution in [3.05, 3.63) is 36.2 Å². The van der Waals surface area contributed by atoms with Gasteiger partial charge in [0.2, 0.25) is 5.06 Å². The lowest BCUT2D eigenvalue weighted by atomic mass is 10.1. The van der Waals surface area contributed by atoms with Gasteiger partial charge >= 0.3 is 6.16 Å². The number of aryl methyl sites for hydroxylation is 1. The van der Waals surface area contributed by atoms with Crippen molar-refractivity contribution in [3.8, 4) is 16.3 Å². The van der Waals surface area contributed by atoms with Crippen molar-refractivity contribution in [3.63, 3.8) is 0 Å². The maximum Gasteiger partial charge on any atom is 0.514 e. The van der Waals surface area contributed by atoms with E-state index in [1.54, 1.807) is 6.92 Å². The third-order valence-corrected chi connectivity index (χ3v) is 5.28. The van der Waals surface area contributed by atoms with Gasteiger partial charge in [0.1, 0.15) is 0 Å². The van der Waals surface area contributed by atoms with Crippen LogP contribution in [0.4, 0.5) is 10.5 Å². The second-order valence-corrected chi connectivity index (χ2v) is 6.70. The van der Waals surface area contributed by atoms with Gasteiger partial charge in [-0.1, -0.05) is 23.5 Å². The van der Waals surface area contributed by atoms with Crippen molar-refractivity contribution in [2.45, 2.75) is 27.7 Å². The molecule has 0 spiro atoms. The van der Waals surface area contributed by atoms with E-state index in [1.165, 1.54) is 17.0 Å². The van der Waals surface area contributed by atoms with E-state index in [0.29, 0.717) is 5.06 Å². The summed E-state index contributed by atoms with van der Waals surface area (Å²) in [5.74, 6) is 0. The van der Waals surface area contributed by atoms with Gasteiger partial charge in [0.05, 0.1) is 18.0 Å². The molecule has 0 bridgehead atoms. The van der Waals surface area contributed by atoms with Gasteiger partial charge in [-0.2, -0.15) is 0 Å². The summed E-state index contributed by atoms with van der Waals surface area (Å²) in [5, 5.41) is 0.509. The minimum Gasteiger partial charge on any atom is -0.434 e. The number of fused-ring (bicyclic) bond motifs is 1. The Balaban J connectivity index is 1.84. The van der Waals surface area contributed by atoms with Gasteiger partial charge in [-0.3, -0.25) is 4.40 Å². The fourth-order valence-electron chi connectivity index (χ4n) is 2.82. The molecule has 3 rings (SSSR count). The molecular formula is C19H23N3O3S. The van der Waals surface area contributed by atoms with E-state index in [-0.39, 0.29) is 6.61 Å².